The first-order valence-corrected chi connectivity index (χ1v) is 15.1. The Balaban J connectivity index is 1.64. The Morgan fingerprint density at radius 3 is 2.16 bits per heavy atom. The molecule has 0 saturated carbocycles. The van der Waals surface area contributed by atoms with Crippen LogP contribution in [0, 0.1) is 5.92 Å². The third kappa shape index (κ3) is 7.52. The quantitative estimate of drug-likeness (QED) is 0.190. The number of hydrogen-bond acceptors (Lipinski definition) is 3. The van der Waals surface area contributed by atoms with Crippen LogP contribution in [0.4, 0.5) is 8.78 Å². The molecule has 3 aromatic rings. The predicted octanol–water partition coefficient (Wildman–Crippen LogP) is 7.99. The van der Waals surface area contributed by atoms with Gasteiger partial charge in [-0.1, -0.05) is 90.4 Å². The van der Waals surface area contributed by atoms with E-state index in [0.717, 1.165) is 33.9 Å². The van der Waals surface area contributed by atoms with Gasteiger partial charge >= 0.3 is 19.2 Å². The molecule has 0 amide bonds. The summed E-state index contributed by atoms with van der Waals surface area (Å²) in [7, 11) is -5.63. The van der Waals surface area contributed by atoms with Crippen molar-refractivity contribution in [3.8, 4) is 11.1 Å². The minimum absolute atomic E-state index is 0.0518. The van der Waals surface area contributed by atoms with Crippen LogP contribution in [0.3, 0.4) is 0 Å². The maximum absolute atomic E-state index is 14.0. The van der Waals surface area contributed by atoms with E-state index in [-0.39, 0.29) is 10.4 Å². The molecule has 0 heterocycles. The molecule has 0 aliphatic heterocycles. The average molecular weight is 613 g/mol. The van der Waals surface area contributed by atoms with Gasteiger partial charge in [-0.05, 0) is 46.2 Å². The summed E-state index contributed by atoms with van der Waals surface area (Å²) in [6.45, 7) is 4.02. The van der Waals surface area contributed by atoms with Crippen molar-refractivity contribution in [3.05, 3.63) is 93.5 Å². The van der Waals surface area contributed by atoms with Gasteiger partial charge in [0.05, 0.1) is 5.92 Å². The van der Waals surface area contributed by atoms with E-state index in [4.69, 9.17) is 9.79 Å². The minimum Gasteiger partial charge on any atom is -0.481 e. The van der Waals surface area contributed by atoms with E-state index in [1.807, 2.05) is 62.4 Å². The van der Waals surface area contributed by atoms with Gasteiger partial charge in [-0.15, -0.1) is 0 Å². The van der Waals surface area contributed by atoms with Gasteiger partial charge < -0.3 is 14.9 Å². The zero-order chi connectivity index (χ0) is 27.4. The van der Waals surface area contributed by atoms with E-state index in [0.29, 0.717) is 17.9 Å². The molecule has 10 heteroatoms. The van der Waals surface area contributed by atoms with Crippen molar-refractivity contribution in [2.45, 2.75) is 43.4 Å². The van der Waals surface area contributed by atoms with Crippen molar-refractivity contribution in [3.63, 3.8) is 0 Å². The standard InChI is InChI=1S/C27H28BrF2O5PS/c1-17(2)12-23(26(31)32)22-5-3-4-21(14-22)20-9-6-18(7-10-20)15-37-16-19-8-11-24(25(28)13-19)27(29,30)36(33,34)35/h3-11,13-14,17,23H,12,15-16H2,1-2H3,(H,31,32)(H2,33,34,35). The predicted molar refractivity (Wildman–Crippen MR) is 147 cm³/mol. The van der Waals surface area contributed by atoms with Crippen LogP contribution in [0.15, 0.2) is 71.2 Å². The lowest BCUT2D eigenvalue weighted by molar-refractivity contribution is -0.139. The SMILES string of the molecule is CC(C)CC(C(=O)O)c1cccc(-c2ccc(CSCc3ccc(C(F)(F)P(=O)(O)O)c(Br)c3)cc2)c1. The second kappa shape index (κ2) is 12.2. The van der Waals surface area contributed by atoms with E-state index >= 15 is 0 Å². The van der Waals surface area contributed by atoms with Crippen LogP contribution >= 0.6 is 35.3 Å². The zero-order valence-electron chi connectivity index (χ0n) is 20.3. The summed E-state index contributed by atoms with van der Waals surface area (Å²) in [6.07, 6.45) is 0.570. The Morgan fingerprint density at radius 2 is 1.59 bits per heavy atom. The summed E-state index contributed by atoms with van der Waals surface area (Å²) in [4.78, 5) is 29.7. The number of benzene rings is 3. The number of carbonyl (C=O) groups is 1. The van der Waals surface area contributed by atoms with E-state index in [1.165, 1.54) is 12.1 Å². The third-order valence-electron chi connectivity index (χ3n) is 5.84. The van der Waals surface area contributed by atoms with Gasteiger partial charge in [-0.25, -0.2) is 0 Å². The molecule has 0 radical (unpaired) electrons. The van der Waals surface area contributed by atoms with E-state index < -0.39 is 30.7 Å². The van der Waals surface area contributed by atoms with Crippen molar-refractivity contribution in [2.75, 3.05) is 0 Å². The second-order valence-electron chi connectivity index (χ2n) is 9.24. The number of aliphatic carboxylic acids is 1. The van der Waals surface area contributed by atoms with Gasteiger partial charge in [-0.2, -0.15) is 20.5 Å². The molecule has 198 valence electrons. The molecule has 0 fully saturated rings. The summed E-state index contributed by atoms with van der Waals surface area (Å²) in [6, 6.07) is 19.5. The maximum Gasteiger partial charge on any atom is 0.399 e. The normalized spacial score (nSPS) is 13.1. The number of thioether (sulfide) groups is 1. The Morgan fingerprint density at radius 1 is 0.973 bits per heavy atom. The topological polar surface area (TPSA) is 94.8 Å². The van der Waals surface area contributed by atoms with Gasteiger partial charge in [0.25, 0.3) is 0 Å². The minimum atomic E-state index is -5.63. The lowest BCUT2D eigenvalue weighted by atomic mass is 9.88. The fourth-order valence-electron chi connectivity index (χ4n) is 3.92. The van der Waals surface area contributed by atoms with Gasteiger partial charge in [0.1, 0.15) is 0 Å². The zero-order valence-corrected chi connectivity index (χ0v) is 23.6. The molecule has 5 nitrogen and oxygen atoms in total. The molecular weight excluding hydrogens is 585 g/mol. The number of rotatable bonds is 11. The molecule has 3 rings (SSSR count). The number of hydrogen-bond donors (Lipinski definition) is 3. The molecule has 1 unspecified atom stereocenters. The summed E-state index contributed by atoms with van der Waals surface area (Å²) in [5.41, 5.74) is -0.482. The van der Waals surface area contributed by atoms with Crippen LogP contribution in [0.2, 0.25) is 0 Å². The van der Waals surface area contributed by atoms with Crippen LogP contribution in [0.1, 0.15) is 48.4 Å². The number of carboxylic acids is 1. The maximum atomic E-state index is 14.0. The monoisotopic (exact) mass is 612 g/mol. The summed E-state index contributed by atoms with van der Waals surface area (Å²) >= 11 is 4.59. The number of alkyl halides is 2. The molecule has 1 atom stereocenters. The van der Waals surface area contributed by atoms with Crippen LogP contribution < -0.4 is 0 Å². The second-order valence-corrected chi connectivity index (χ2v) is 12.7. The molecule has 0 bridgehead atoms. The Bertz CT molecular complexity index is 1290. The van der Waals surface area contributed by atoms with Crippen LogP contribution in [0.25, 0.3) is 11.1 Å². The first kappa shape index (κ1) is 29.5. The van der Waals surface area contributed by atoms with Crippen molar-refractivity contribution in [1.82, 2.24) is 0 Å². The van der Waals surface area contributed by atoms with E-state index in [9.17, 15) is 23.2 Å². The smallest absolute Gasteiger partial charge is 0.399 e. The Hall–Kier alpha value is -2.03. The van der Waals surface area contributed by atoms with E-state index in [1.54, 1.807) is 11.8 Å². The summed E-state index contributed by atoms with van der Waals surface area (Å²) in [5.74, 6) is 0.0918. The molecule has 0 spiro atoms. The highest BCUT2D eigenvalue weighted by Gasteiger charge is 2.51. The van der Waals surface area contributed by atoms with Gasteiger partial charge in [0.2, 0.25) is 0 Å². The lowest BCUT2D eigenvalue weighted by Crippen LogP contribution is -2.14. The van der Waals surface area contributed by atoms with Crippen molar-refractivity contribution in [2.24, 2.45) is 5.92 Å². The first-order chi connectivity index (χ1) is 17.3. The fraction of sp³-hybridized carbons (Fsp3) is 0.296. The molecular formula is C27H28BrF2O5PS. The average Bonchev–Trinajstić information content (AvgIpc) is 2.82. The molecule has 0 aliphatic rings. The van der Waals surface area contributed by atoms with Gasteiger partial charge in [0.15, 0.2) is 0 Å². The number of carboxylic acid groups (broad SMARTS) is 1. The third-order valence-corrected chi connectivity index (χ3v) is 8.55. The largest absolute Gasteiger partial charge is 0.481 e. The highest BCUT2D eigenvalue weighted by Crippen LogP contribution is 2.60. The van der Waals surface area contributed by atoms with Crippen molar-refractivity contribution < 1.29 is 33.0 Å². The molecule has 0 aromatic heterocycles. The first-order valence-electron chi connectivity index (χ1n) is 11.5. The summed E-state index contributed by atoms with van der Waals surface area (Å²) in [5, 5.41) is 9.67. The van der Waals surface area contributed by atoms with Crippen LogP contribution in [-0.4, -0.2) is 20.9 Å². The molecule has 0 saturated heterocycles. The highest BCUT2D eigenvalue weighted by molar-refractivity contribution is 9.10. The lowest BCUT2D eigenvalue weighted by Gasteiger charge is -2.19. The Labute approximate surface area is 227 Å². The number of halogens is 3. The van der Waals surface area contributed by atoms with Crippen molar-refractivity contribution in [1.29, 1.82) is 0 Å². The van der Waals surface area contributed by atoms with Gasteiger partial charge in [0, 0.05) is 21.5 Å². The molecule has 0 aliphatic carbocycles. The fourth-order valence-corrected chi connectivity index (χ4v) is 6.20. The van der Waals surface area contributed by atoms with E-state index in [2.05, 4.69) is 15.9 Å². The molecule has 3 aromatic carbocycles. The van der Waals surface area contributed by atoms with Gasteiger partial charge in [-0.3, -0.25) is 9.36 Å². The van der Waals surface area contributed by atoms with Crippen molar-refractivity contribution >= 4 is 41.3 Å². The van der Waals surface area contributed by atoms with Crippen LogP contribution in [0.5, 0.6) is 0 Å². The summed E-state index contributed by atoms with van der Waals surface area (Å²) < 4.78 is 39.1. The Kier molecular flexibility index (Phi) is 9.75. The molecule has 3 N–H and O–H groups in total. The van der Waals surface area contributed by atoms with Crippen LogP contribution in [-0.2, 0) is 26.5 Å². The molecule has 37 heavy (non-hydrogen) atoms. The highest BCUT2D eigenvalue weighted by atomic mass is 79.9.